The van der Waals surface area contributed by atoms with Crippen molar-refractivity contribution in [3.05, 3.63) is 49.6 Å². The minimum Gasteiger partial charge on any atom is -0.468 e. The number of ether oxygens (including phenoxy) is 1. The molecule has 19 heavy (non-hydrogen) atoms. The van der Waals surface area contributed by atoms with Crippen LogP contribution in [0.25, 0.3) is 0 Å². The number of esters is 1. The van der Waals surface area contributed by atoms with Gasteiger partial charge >= 0.3 is 5.97 Å². The normalized spacial score (nSPS) is 13.3. The standard InChI is InChI=1S/C14H17O4S/c1-11(2)9-10-13(14(15)18-3)19(16,17)12-7-5-4-6-8-12/h4-9,13H,1,10H2,2-3H3. The predicted octanol–water partition coefficient (Wildman–Crippen LogP) is 2.02. The van der Waals surface area contributed by atoms with Crippen LogP contribution in [0.2, 0.25) is 0 Å². The van der Waals surface area contributed by atoms with Crippen molar-refractivity contribution < 1.29 is 17.9 Å². The minimum atomic E-state index is -3.75. The summed E-state index contributed by atoms with van der Waals surface area (Å²) in [7, 11) is -2.58. The molecule has 0 aliphatic carbocycles. The van der Waals surface area contributed by atoms with Crippen molar-refractivity contribution in [1.29, 1.82) is 0 Å². The number of benzene rings is 1. The zero-order valence-electron chi connectivity index (χ0n) is 11.0. The highest BCUT2D eigenvalue weighted by Gasteiger charge is 2.34. The lowest BCUT2D eigenvalue weighted by atomic mass is 10.1. The van der Waals surface area contributed by atoms with Crippen LogP contribution in [0.15, 0.2) is 35.2 Å². The summed E-state index contributed by atoms with van der Waals surface area (Å²) in [5.74, 6) is -0.0569. The van der Waals surface area contributed by atoms with E-state index >= 15 is 0 Å². The van der Waals surface area contributed by atoms with Gasteiger partial charge in [-0.3, -0.25) is 4.79 Å². The van der Waals surface area contributed by atoms with Gasteiger partial charge in [-0.05, 0) is 37.8 Å². The van der Waals surface area contributed by atoms with E-state index in [9.17, 15) is 13.2 Å². The van der Waals surface area contributed by atoms with Gasteiger partial charge in [0, 0.05) is 0 Å². The quantitative estimate of drug-likeness (QED) is 0.748. The van der Waals surface area contributed by atoms with Gasteiger partial charge in [0.05, 0.1) is 12.0 Å². The molecule has 4 nitrogen and oxygen atoms in total. The van der Waals surface area contributed by atoms with Gasteiger partial charge in [0.2, 0.25) is 0 Å². The lowest BCUT2D eigenvalue weighted by Crippen LogP contribution is -2.32. The summed E-state index contributed by atoms with van der Waals surface area (Å²) in [6.07, 6.45) is 1.67. The first kappa shape index (κ1) is 15.7. The molecule has 0 heterocycles. The fourth-order valence-corrected chi connectivity index (χ4v) is 3.13. The highest BCUT2D eigenvalue weighted by Crippen LogP contribution is 2.22. The Morgan fingerprint density at radius 2 is 1.95 bits per heavy atom. The van der Waals surface area contributed by atoms with Gasteiger partial charge in [-0.15, -0.1) is 0 Å². The Morgan fingerprint density at radius 3 is 2.42 bits per heavy atom. The Bertz CT molecular complexity index is 506. The summed E-state index contributed by atoms with van der Waals surface area (Å²) < 4.78 is 29.4. The molecule has 0 aliphatic heterocycles. The zero-order valence-corrected chi connectivity index (χ0v) is 11.8. The third-order valence-corrected chi connectivity index (χ3v) is 4.65. The van der Waals surface area contributed by atoms with E-state index in [0.717, 1.165) is 0 Å². The average molecular weight is 281 g/mol. The number of sulfone groups is 1. The lowest BCUT2D eigenvalue weighted by Gasteiger charge is -2.16. The van der Waals surface area contributed by atoms with E-state index in [0.29, 0.717) is 5.92 Å². The van der Waals surface area contributed by atoms with Crippen LogP contribution in [-0.2, 0) is 19.4 Å². The van der Waals surface area contributed by atoms with Gasteiger partial charge in [0.25, 0.3) is 0 Å². The molecule has 0 saturated carbocycles. The van der Waals surface area contributed by atoms with Gasteiger partial charge in [-0.2, -0.15) is 0 Å². The van der Waals surface area contributed by atoms with E-state index in [1.165, 1.54) is 19.2 Å². The number of carbonyl (C=O) groups excluding carboxylic acids is 1. The monoisotopic (exact) mass is 281 g/mol. The molecule has 0 spiro atoms. The molecule has 3 radical (unpaired) electrons. The van der Waals surface area contributed by atoms with E-state index < -0.39 is 21.1 Å². The summed E-state index contributed by atoms with van der Waals surface area (Å²) in [5.41, 5.74) is 0. The summed E-state index contributed by atoms with van der Waals surface area (Å²) in [5, 5.41) is -1.24. The Labute approximate surface area is 114 Å². The second-order valence-corrected chi connectivity index (χ2v) is 6.29. The second-order valence-electron chi connectivity index (χ2n) is 4.16. The molecule has 0 aromatic heterocycles. The second kappa shape index (κ2) is 6.70. The number of methoxy groups -OCH3 is 1. The SMILES string of the molecule is [CH2][C](C)[CH]CC(C(=O)OC)S(=O)(=O)c1ccccc1. The van der Waals surface area contributed by atoms with Crippen LogP contribution in [0, 0.1) is 19.3 Å². The molecule has 0 amide bonds. The largest absolute Gasteiger partial charge is 0.468 e. The fraction of sp³-hybridized carbons (Fsp3) is 0.286. The summed E-state index contributed by atoms with van der Waals surface area (Å²) in [6, 6.07) is 7.87. The first-order valence-electron chi connectivity index (χ1n) is 5.75. The topological polar surface area (TPSA) is 60.4 Å². The minimum absolute atomic E-state index is 0.0548. The molecule has 1 aromatic carbocycles. The van der Waals surface area contributed by atoms with Crippen molar-refractivity contribution >= 4 is 15.8 Å². The Hall–Kier alpha value is -1.36. The Kier molecular flexibility index (Phi) is 5.54. The molecular weight excluding hydrogens is 264 g/mol. The van der Waals surface area contributed by atoms with E-state index in [1.54, 1.807) is 31.5 Å². The van der Waals surface area contributed by atoms with E-state index in [1.807, 2.05) is 0 Å². The molecule has 1 atom stereocenters. The fourth-order valence-electron chi connectivity index (χ4n) is 1.56. The molecule has 1 aromatic rings. The Morgan fingerprint density at radius 1 is 1.37 bits per heavy atom. The first-order chi connectivity index (χ1) is 8.89. The molecule has 5 heteroatoms. The molecule has 0 N–H and O–H groups in total. The smallest absolute Gasteiger partial charge is 0.324 e. The first-order valence-corrected chi connectivity index (χ1v) is 7.29. The lowest BCUT2D eigenvalue weighted by molar-refractivity contribution is -0.140. The summed E-state index contributed by atoms with van der Waals surface area (Å²) >= 11 is 0. The van der Waals surface area contributed by atoms with Crippen molar-refractivity contribution in [2.24, 2.45) is 0 Å². The van der Waals surface area contributed by atoms with Crippen LogP contribution in [0.4, 0.5) is 0 Å². The number of carbonyl (C=O) groups is 1. The van der Waals surface area contributed by atoms with Crippen LogP contribution in [0.3, 0.4) is 0 Å². The summed E-state index contributed by atoms with van der Waals surface area (Å²) in [4.78, 5) is 11.8. The zero-order chi connectivity index (χ0) is 14.5. The molecule has 0 saturated heterocycles. The van der Waals surface area contributed by atoms with Crippen molar-refractivity contribution in [3.8, 4) is 0 Å². The van der Waals surface area contributed by atoms with Crippen molar-refractivity contribution in [2.75, 3.05) is 7.11 Å². The van der Waals surface area contributed by atoms with Crippen molar-refractivity contribution in [3.63, 3.8) is 0 Å². The molecular formula is C14H17O4S. The van der Waals surface area contributed by atoms with Gasteiger partial charge in [-0.25, -0.2) is 8.42 Å². The van der Waals surface area contributed by atoms with E-state index in [-0.39, 0.29) is 11.3 Å². The third kappa shape index (κ3) is 4.06. The van der Waals surface area contributed by atoms with Gasteiger partial charge in [0.1, 0.15) is 0 Å². The Balaban J connectivity index is 3.06. The van der Waals surface area contributed by atoms with E-state index in [4.69, 9.17) is 0 Å². The van der Waals surface area contributed by atoms with Gasteiger partial charge in [0.15, 0.2) is 15.1 Å². The highest BCUT2D eigenvalue weighted by molar-refractivity contribution is 7.92. The highest BCUT2D eigenvalue weighted by atomic mass is 32.2. The van der Waals surface area contributed by atoms with Crippen molar-refractivity contribution in [2.45, 2.75) is 23.5 Å². The molecule has 103 valence electrons. The van der Waals surface area contributed by atoms with Crippen LogP contribution in [-0.4, -0.2) is 26.7 Å². The summed E-state index contributed by atoms with van der Waals surface area (Å²) in [6.45, 7) is 5.40. The maximum absolute atomic E-state index is 12.4. The maximum Gasteiger partial charge on any atom is 0.324 e. The molecule has 0 bridgehead atoms. The number of hydrogen-bond donors (Lipinski definition) is 0. The molecule has 1 rings (SSSR count). The average Bonchev–Trinajstić information content (AvgIpc) is 2.39. The number of rotatable bonds is 6. The van der Waals surface area contributed by atoms with Crippen LogP contribution < -0.4 is 0 Å². The maximum atomic E-state index is 12.4. The molecule has 0 fully saturated rings. The molecule has 0 aliphatic rings. The number of hydrogen-bond acceptors (Lipinski definition) is 4. The third-order valence-electron chi connectivity index (χ3n) is 2.59. The predicted molar refractivity (Wildman–Crippen MR) is 72.6 cm³/mol. The van der Waals surface area contributed by atoms with Crippen LogP contribution in [0.5, 0.6) is 0 Å². The van der Waals surface area contributed by atoms with E-state index in [2.05, 4.69) is 11.7 Å². The van der Waals surface area contributed by atoms with Crippen molar-refractivity contribution in [1.82, 2.24) is 0 Å². The van der Waals surface area contributed by atoms with Gasteiger partial charge < -0.3 is 4.74 Å². The molecule has 1 unspecified atom stereocenters. The van der Waals surface area contributed by atoms with Crippen LogP contribution >= 0.6 is 0 Å². The van der Waals surface area contributed by atoms with Crippen LogP contribution in [0.1, 0.15) is 13.3 Å². The van der Waals surface area contributed by atoms with Gasteiger partial charge in [-0.1, -0.05) is 25.1 Å².